The molecule has 12 heteroatoms. The van der Waals surface area contributed by atoms with Gasteiger partial charge in [0.2, 0.25) is 5.91 Å². The lowest BCUT2D eigenvalue weighted by atomic mass is 10.2. The van der Waals surface area contributed by atoms with Gasteiger partial charge in [0.05, 0.1) is 29.1 Å². The van der Waals surface area contributed by atoms with Crippen molar-refractivity contribution in [3.63, 3.8) is 0 Å². The molecule has 0 aliphatic rings. The number of nitrogens with one attached hydrogen (secondary N) is 3. The van der Waals surface area contributed by atoms with Crippen molar-refractivity contribution in [3.8, 4) is 11.5 Å². The summed E-state index contributed by atoms with van der Waals surface area (Å²) in [4.78, 5) is 36.2. The molecule has 3 amide bonds. The van der Waals surface area contributed by atoms with E-state index in [0.29, 0.717) is 21.9 Å². The van der Waals surface area contributed by atoms with Gasteiger partial charge in [0.25, 0.3) is 11.8 Å². The average Bonchev–Trinajstić information content (AvgIpc) is 2.90. The molecule has 3 N–H and O–H groups in total. The van der Waals surface area contributed by atoms with Crippen molar-refractivity contribution in [1.29, 1.82) is 0 Å². The van der Waals surface area contributed by atoms with E-state index in [-0.39, 0.29) is 41.9 Å². The zero-order valence-corrected chi connectivity index (χ0v) is 21.6. The van der Waals surface area contributed by atoms with Crippen molar-refractivity contribution in [2.75, 3.05) is 25.6 Å². The zero-order chi connectivity index (χ0) is 27.5. The first-order valence-electron chi connectivity index (χ1n) is 11.2. The van der Waals surface area contributed by atoms with E-state index in [4.69, 9.17) is 32.7 Å². The minimum Gasteiger partial charge on any atom is -0.493 e. The SMILES string of the molecule is COc1cc(C=NNC(=O)CCNC(=O)c2ccc(Cl)c(Cl)c2)ccc1OCC(=O)Nc1ccccc1F. The molecular formula is C26H23Cl2FN4O5. The zero-order valence-electron chi connectivity index (χ0n) is 20.1. The second kappa shape index (κ2) is 14.0. The van der Waals surface area contributed by atoms with Crippen LogP contribution in [0.2, 0.25) is 10.0 Å². The number of anilines is 1. The Morgan fingerprint density at radius 1 is 0.974 bits per heavy atom. The third-order valence-electron chi connectivity index (χ3n) is 4.92. The summed E-state index contributed by atoms with van der Waals surface area (Å²) < 4.78 is 24.4. The number of hydrazone groups is 1. The molecule has 0 bridgehead atoms. The number of nitrogens with zero attached hydrogens (tertiary/aromatic N) is 1. The van der Waals surface area contributed by atoms with E-state index in [1.54, 1.807) is 24.3 Å². The maximum Gasteiger partial charge on any atom is 0.262 e. The predicted octanol–water partition coefficient (Wildman–Crippen LogP) is 4.43. The molecule has 9 nitrogen and oxygen atoms in total. The number of hydrogen-bond donors (Lipinski definition) is 3. The van der Waals surface area contributed by atoms with Crippen LogP contribution in [0.3, 0.4) is 0 Å². The summed E-state index contributed by atoms with van der Waals surface area (Å²) in [6.07, 6.45) is 1.39. The van der Waals surface area contributed by atoms with Gasteiger partial charge in [-0.3, -0.25) is 14.4 Å². The first-order chi connectivity index (χ1) is 18.3. The van der Waals surface area contributed by atoms with Crippen LogP contribution in [-0.2, 0) is 9.59 Å². The highest BCUT2D eigenvalue weighted by Crippen LogP contribution is 2.27. The summed E-state index contributed by atoms with van der Waals surface area (Å²) in [5.74, 6) is -1.29. The number of rotatable bonds is 11. The second-order valence-corrected chi connectivity index (χ2v) is 8.47. The maximum atomic E-state index is 13.7. The van der Waals surface area contributed by atoms with Gasteiger partial charge in [0.1, 0.15) is 5.82 Å². The number of carbonyl (C=O) groups excluding carboxylic acids is 3. The number of ether oxygens (including phenoxy) is 2. The standard InChI is InChI=1S/C26H23Cl2FN4O5/c1-37-23-12-16(6-9-22(23)38-15-25(35)32-21-5-3-2-4-20(21)29)14-31-33-24(34)10-11-30-26(36)17-7-8-18(27)19(28)13-17/h2-9,12-14H,10-11,15H2,1H3,(H,30,36)(H,32,35)(H,33,34). The Balaban J connectivity index is 1.44. The second-order valence-electron chi connectivity index (χ2n) is 7.65. The van der Waals surface area contributed by atoms with Crippen LogP contribution in [0.25, 0.3) is 0 Å². The summed E-state index contributed by atoms with van der Waals surface area (Å²) in [7, 11) is 1.43. The molecule has 3 aromatic rings. The van der Waals surface area contributed by atoms with Crippen LogP contribution in [0.15, 0.2) is 65.8 Å². The summed E-state index contributed by atoms with van der Waals surface area (Å²) in [5.41, 5.74) is 3.32. The van der Waals surface area contributed by atoms with Crippen LogP contribution in [0.5, 0.6) is 11.5 Å². The van der Waals surface area contributed by atoms with Gasteiger partial charge in [-0.15, -0.1) is 0 Å². The van der Waals surface area contributed by atoms with E-state index in [1.165, 1.54) is 49.7 Å². The minimum atomic E-state index is -0.554. The first kappa shape index (κ1) is 28.4. The number of benzene rings is 3. The molecule has 0 aromatic heterocycles. The first-order valence-corrected chi connectivity index (χ1v) is 11.9. The average molecular weight is 561 g/mol. The smallest absolute Gasteiger partial charge is 0.262 e. The van der Waals surface area contributed by atoms with Crippen molar-refractivity contribution in [2.24, 2.45) is 5.10 Å². The van der Waals surface area contributed by atoms with Gasteiger partial charge in [-0.05, 0) is 54.1 Å². The lowest BCUT2D eigenvalue weighted by molar-refractivity contribution is -0.121. The fourth-order valence-corrected chi connectivity index (χ4v) is 3.34. The van der Waals surface area contributed by atoms with E-state index in [1.807, 2.05) is 0 Å². The Hall–Kier alpha value is -4.15. The molecule has 0 heterocycles. The molecule has 0 saturated heterocycles. The summed E-state index contributed by atoms with van der Waals surface area (Å²) in [5, 5.41) is 9.52. The lowest BCUT2D eigenvalue weighted by Gasteiger charge is -2.11. The van der Waals surface area contributed by atoms with Crippen LogP contribution in [0, 0.1) is 5.82 Å². The van der Waals surface area contributed by atoms with E-state index in [2.05, 4.69) is 21.2 Å². The van der Waals surface area contributed by atoms with E-state index in [9.17, 15) is 18.8 Å². The number of carbonyl (C=O) groups is 3. The van der Waals surface area contributed by atoms with Gasteiger partial charge in [0, 0.05) is 18.5 Å². The molecular weight excluding hydrogens is 538 g/mol. The van der Waals surface area contributed by atoms with E-state index >= 15 is 0 Å². The van der Waals surface area contributed by atoms with Crippen LogP contribution in [-0.4, -0.2) is 44.2 Å². The van der Waals surface area contributed by atoms with Crippen LogP contribution >= 0.6 is 23.2 Å². The van der Waals surface area contributed by atoms with Gasteiger partial charge >= 0.3 is 0 Å². The topological polar surface area (TPSA) is 118 Å². The van der Waals surface area contributed by atoms with Crippen molar-refractivity contribution < 1.29 is 28.2 Å². The fraction of sp³-hybridized carbons (Fsp3) is 0.154. The van der Waals surface area contributed by atoms with Gasteiger partial charge < -0.3 is 20.1 Å². The number of para-hydroxylation sites is 1. The van der Waals surface area contributed by atoms with Gasteiger partial charge in [-0.2, -0.15) is 5.10 Å². The van der Waals surface area contributed by atoms with E-state index in [0.717, 1.165) is 0 Å². The summed E-state index contributed by atoms with van der Waals surface area (Å²) in [6, 6.07) is 15.1. The normalized spacial score (nSPS) is 10.6. The molecule has 0 spiro atoms. The predicted molar refractivity (Wildman–Crippen MR) is 143 cm³/mol. The monoisotopic (exact) mass is 560 g/mol. The Morgan fingerprint density at radius 3 is 2.50 bits per heavy atom. The molecule has 3 aromatic carbocycles. The van der Waals surface area contributed by atoms with Crippen LogP contribution in [0.4, 0.5) is 10.1 Å². The third-order valence-corrected chi connectivity index (χ3v) is 5.66. The molecule has 0 aliphatic carbocycles. The summed E-state index contributed by atoms with van der Waals surface area (Å²) >= 11 is 11.7. The van der Waals surface area contributed by atoms with Crippen molar-refractivity contribution in [3.05, 3.63) is 87.7 Å². The Morgan fingerprint density at radius 2 is 1.76 bits per heavy atom. The minimum absolute atomic E-state index is 0.00452. The van der Waals surface area contributed by atoms with Gasteiger partial charge in [0.15, 0.2) is 18.1 Å². The van der Waals surface area contributed by atoms with Gasteiger partial charge in [-0.25, -0.2) is 9.82 Å². The number of methoxy groups -OCH3 is 1. The molecule has 3 rings (SSSR count). The highest BCUT2D eigenvalue weighted by atomic mass is 35.5. The number of halogens is 3. The van der Waals surface area contributed by atoms with Crippen LogP contribution in [0.1, 0.15) is 22.3 Å². The summed E-state index contributed by atoms with van der Waals surface area (Å²) in [6.45, 7) is -0.277. The van der Waals surface area contributed by atoms with Gasteiger partial charge in [-0.1, -0.05) is 35.3 Å². The number of amides is 3. The Bertz CT molecular complexity index is 1350. The Kier molecular flexibility index (Phi) is 10.4. The quantitative estimate of drug-likeness (QED) is 0.237. The molecule has 0 fully saturated rings. The van der Waals surface area contributed by atoms with Crippen LogP contribution < -0.4 is 25.5 Å². The molecule has 38 heavy (non-hydrogen) atoms. The Labute approximate surface area is 227 Å². The number of hydrogen-bond acceptors (Lipinski definition) is 6. The molecule has 0 aliphatic heterocycles. The van der Waals surface area contributed by atoms with Crippen molar-refractivity contribution in [1.82, 2.24) is 10.7 Å². The largest absolute Gasteiger partial charge is 0.493 e. The lowest BCUT2D eigenvalue weighted by Crippen LogP contribution is -2.29. The van der Waals surface area contributed by atoms with Crippen molar-refractivity contribution >= 4 is 52.8 Å². The molecule has 198 valence electrons. The molecule has 0 atom stereocenters. The molecule has 0 radical (unpaired) electrons. The highest BCUT2D eigenvalue weighted by Gasteiger charge is 2.11. The van der Waals surface area contributed by atoms with Crippen molar-refractivity contribution in [2.45, 2.75) is 6.42 Å². The molecule has 0 saturated carbocycles. The fourth-order valence-electron chi connectivity index (χ4n) is 3.04. The maximum absolute atomic E-state index is 13.7. The van der Waals surface area contributed by atoms with E-state index < -0.39 is 17.6 Å². The molecule has 0 unspecified atom stereocenters. The highest BCUT2D eigenvalue weighted by molar-refractivity contribution is 6.42. The third kappa shape index (κ3) is 8.46.